The molecule has 0 unspecified atom stereocenters. The molecule has 4 nitrogen and oxygen atoms in total. The van der Waals surface area contributed by atoms with Crippen LogP contribution in [0.1, 0.15) is 36.5 Å². The fraction of sp³-hybridized carbons (Fsp3) is 0.214. The van der Waals surface area contributed by atoms with Gasteiger partial charge in [0.1, 0.15) is 24.7 Å². The van der Waals surface area contributed by atoms with Crippen LogP contribution in [0.5, 0.6) is 11.5 Å². The maximum absolute atomic E-state index is 13.1. The van der Waals surface area contributed by atoms with Crippen LogP contribution < -0.4 is 14.4 Å². The van der Waals surface area contributed by atoms with Crippen LogP contribution in [0.2, 0.25) is 5.02 Å². The highest BCUT2D eigenvalue weighted by atomic mass is 35.5. The molecule has 3 aromatic rings. The molecule has 0 bridgehead atoms. The number of halogens is 1. The van der Waals surface area contributed by atoms with Crippen LogP contribution in [-0.4, -0.2) is 23.4 Å². The number of para-hydroxylation sites is 1. The Morgan fingerprint density at radius 3 is 2.43 bits per heavy atom. The first kappa shape index (κ1) is 25.3. The minimum atomic E-state index is -0.166. The topological polar surface area (TPSA) is 38.8 Å². The van der Waals surface area contributed by atoms with Crippen molar-refractivity contribution in [2.75, 3.05) is 18.1 Å². The molecule has 1 fully saturated rings. The Balaban J connectivity index is 1.48. The monoisotopic (exact) mass is 523 g/mol. The number of benzene rings is 3. The average molecular weight is 524 g/mol. The lowest BCUT2D eigenvalue weighted by Gasteiger charge is -2.16. The highest BCUT2D eigenvalue weighted by molar-refractivity contribution is 8.27. The molecule has 1 amide bonds. The van der Waals surface area contributed by atoms with Gasteiger partial charge in [-0.15, -0.1) is 0 Å². The molecule has 35 heavy (non-hydrogen) atoms. The molecule has 1 saturated heterocycles. The lowest BCUT2D eigenvalue weighted by molar-refractivity contribution is -0.113. The number of carbonyl (C=O) groups is 1. The zero-order chi connectivity index (χ0) is 24.9. The summed E-state index contributed by atoms with van der Waals surface area (Å²) in [4.78, 5) is 15.2. The molecule has 1 heterocycles. The quantitative estimate of drug-likeness (QED) is 0.172. The average Bonchev–Trinajstić information content (AvgIpc) is 3.10. The normalized spacial score (nSPS) is 14.8. The number of hydrogen-bond donors (Lipinski definition) is 0. The van der Waals surface area contributed by atoms with Gasteiger partial charge in [-0.1, -0.05) is 79.8 Å². The van der Waals surface area contributed by atoms with Gasteiger partial charge in [-0.3, -0.25) is 9.69 Å². The van der Waals surface area contributed by atoms with Crippen molar-refractivity contribution in [1.29, 1.82) is 0 Å². The van der Waals surface area contributed by atoms with Gasteiger partial charge in [0, 0.05) is 10.6 Å². The van der Waals surface area contributed by atoms with Crippen molar-refractivity contribution in [2.24, 2.45) is 0 Å². The van der Waals surface area contributed by atoms with Crippen molar-refractivity contribution < 1.29 is 14.3 Å². The van der Waals surface area contributed by atoms with Crippen molar-refractivity contribution in [3.63, 3.8) is 0 Å². The van der Waals surface area contributed by atoms with E-state index in [2.05, 4.69) is 32.0 Å². The molecule has 7 heteroatoms. The van der Waals surface area contributed by atoms with Crippen LogP contribution in [-0.2, 0) is 4.79 Å². The van der Waals surface area contributed by atoms with Crippen molar-refractivity contribution in [1.82, 2.24) is 0 Å². The second kappa shape index (κ2) is 11.3. The standard InChI is InChI=1S/C28H26ClNO3S2/c1-18(2)23-11-9-19(3)15-25(23)33-14-13-32-24-12-10-21(29)16-20(24)17-26-27(31)30(28(34)35-26)22-7-5-4-6-8-22/h4-12,15-18H,13-14H2,1-3H3. The Morgan fingerprint density at radius 1 is 1.00 bits per heavy atom. The van der Waals surface area contributed by atoms with Crippen LogP contribution in [0.4, 0.5) is 5.69 Å². The number of thiocarbonyl (C=S) groups is 1. The Hall–Kier alpha value is -2.80. The van der Waals surface area contributed by atoms with E-state index in [9.17, 15) is 4.79 Å². The SMILES string of the molecule is Cc1ccc(C(C)C)c(OCCOc2ccc(Cl)cc2C=C2SC(=S)N(c3ccccc3)C2=O)c1. The summed E-state index contributed by atoms with van der Waals surface area (Å²) in [7, 11) is 0. The Bertz CT molecular complexity index is 1270. The fourth-order valence-corrected chi connectivity index (χ4v) is 5.19. The molecule has 0 aromatic heterocycles. The van der Waals surface area contributed by atoms with E-state index in [1.165, 1.54) is 17.3 Å². The molecule has 0 aliphatic carbocycles. The third kappa shape index (κ3) is 6.07. The first-order chi connectivity index (χ1) is 16.8. The van der Waals surface area contributed by atoms with Crippen LogP contribution >= 0.6 is 35.6 Å². The molecule has 3 aromatic carbocycles. The summed E-state index contributed by atoms with van der Waals surface area (Å²) in [5, 5.41) is 0.555. The van der Waals surface area contributed by atoms with Crippen LogP contribution in [0, 0.1) is 6.92 Å². The Labute approximate surface area is 220 Å². The van der Waals surface area contributed by atoms with Crippen LogP contribution in [0.25, 0.3) is 6.08 Å². The number of aryl methyl sites for hydroxylation is 1. The van der Waals surface area contributed by atoms with E-state index in [0.29, 0.717) is 44.7 Å². The Kier molecular flexibility index (Phi) is 8.16. The second-order valence-electron chi connectivity index (χ2n) is 8.43. The molecular weight excluding hydrogens is 498 g/mol. The first-order valence-corrected chi connectivity index (χ1v) is 12.9. The third-order valence-electron chi connectivity index (χ3n) is 5.46. The summed E-state index contributed by atoms with van der Waals surface area (Å²) in [6, 6.07) is 21.0. The molecule has 1 aliphatic rings. The van der Waals surface area contributed by atoms with E-state index in [-0.39, 0.29) is 5.91 Å². The zero-order valence-electron chi connectivity index (χ0n) is 19.8. The molecule has 0 spiro atoms. The van der Waals surface area contributed by atoms with Gasteiger partial charge in [0.25, 0.3) is 5.91 Å². The summed E-state index contributed by atoms with van der Waals surface area (Å²) in [5.41, 5.74) is 3.78. The highest BCUT2D eigenvalue weighted by Crippen LogP contribution is 2.37. The predicted octanol–water partition coefficient (Wildman–Crippen LogP) is 7.64. The van der Waals surface area contributed by atoms with Gasteiger partial charge >= 0.3 is 0 Å². The molecule has 0 radical (unpaired) electrons. The van der Waals surface area contributed by atoms with Crippen molar-refractivity contribution in [2.45, 2.75) is 26.7 Å². The van der Waals surface area contributed by atoms with Crippen molar-refractivity contribution >= 4 is 57.6 Å². The van der Waals surface area contributed by atoms with E-state index in [1.54, 1.807) is 29.2 Å². The summed E-state index contributed by atoms with van der Waals surface area (Å²) in [6.45, 7) is 7.08. The molecule has 1 aliphatic heterocycles. The number of hydrogen-bond acceptors (Lipinski definition) is 5. The number of rotatable bonds is 8. The second-order valence-corrected chi connectivity index (χ2v) is 10.5. The van der Waals surface area contributed by atoms with E-state index >= 15 is 0 Å². The van der Waals surface area contributed by atoms with Crippen molar-refractivity contribution in [3.05, 3.63) is 93.3 Å². The van der Waals surface area contributed by atoms with Gasteiger partial charge in [-0.2, -0.15) is 0 Å². The Morgan fingerprint density at radius 2 is 1.71 bits per heavy atom. The molecule has 0 atom stereocenters. The summed E-state index contributed by atoms with van der Waals surface area (Å²) < 4.78 is 12.6. The van der Waals surface area contributed by atoms with E-state index in [4.69, 9.17) is 33.3 Å². The number of ether oxygens (including phenoxy) is 2. The maximum atomic E-state index is 13.1. The largest absolute Gasteiger partial charge is 0.490 e. The van der Waals surface area contributed by atoms with E-state index in [0.717, 1.165) is 17.0 Å². The number of anilines is 1. The van der Waals surface area contributed by atoms with Gasteiger partial charge in [-0.25, -0.2) is 0 Å². The molecule has 0 N–H and O–H groups in total. The van der Waals surface area contributed by atoms with Gasteiger partial charge in [0.05, 0.1) is 10.6 Å². The van der Waals surface area contributed by atoms with Gasteiger partial charge in [0.2, 0.25) is 0 Å². The molecule has 180 valence electrons. The minimum Gasteiger partial charge on any atom is -0.490 e. The predicted molar refractivity (Wildman–Crippen MR) is 150 cm³/mol. The molecule has 4 rings (SSSR count). The minimum absolute atomic E-state index is 0.166. The van der Waals surface area contributed by atoms with Crippen LogP contribution in [0.15, 0.2) is 71.6 Å². The fourth-order valence-electron chi connectivity index (χ4n) is 3.72. The third-order valence-corrected chi connectivity index (χ3v) is 6.99. The first-order valence-electron chi connectivity index (χ1n) is 11.3. The molecular formula is C28H26ClNO3S2. The smallest absolute Gasteiger partial charge is 0.270 e. The maximum Gasteiger partial charge on any atom is 0.270 e. The zero-order valence-corrected chi connectivity index (χ0v) is 22.2. The summed E-state index contributed by atoms with van der Waals surface area (Å²) in [5.74, 6) is 1.70. The summed E-state index contributed by atoms with van der Waals surface area (Å²) in [6.07, 6.45) is 1.78. The summed E-state index contributed by atoms with van der Waals surface area (Å²) >= 11 is 13.0. The lowest BCUT2D eigenvalue weighted by Crippen LogP contribution is -2.27. The number of amides is 1. The number of carbonyl (C=O) groups excluding carboxylic acids is 1. The van der Waals surface area contributed by atoms with Crippen LogP contribution in [0.3, 0.4) is 0 Å². The number of thioether (sulfide) groups is 1. The van der Waals surface area contributed by atoms with Gasteiger partial charge in [-0.05, 0) is 66.4 Å². The van der Waals surface area contributed by atoms with E-state index < -0.39 is 0 Å². The van der Waals surface area contributed by atoms with E-state index in [1.807, 2.05) is 37.3 Å². The van der Waals surface area contributed by atoms with Gasteiger partial charge in [0.15, 0.2) is 4.32 Å². The van der Waals surface area contributed by atoms with Gasteiger partial charge < -0.3 is 9.47 Å². The lowest BCUT2D eigenvalue weighted by atomic mass is 10.0. The van der Waals surface area contributed by atoms with Crippen molar-refractivity contribution in [3.8, 4) is 11.5 Å². The number of nitrogens with zero attached hydrogens (tertiary/aromatic N) is 1. The molecule has 0 saturated carbocycles. The highest BCUT2D eigenvalue weighted by Gasteiger charge is 2.33.